The van der Waals surface area contributed by atoms with Crippen LogP contribution < -0.4 is 11.1 Å². The van der Waals surface area contributed by atoms with E-state index in [1.165, 1.54) is 0 Å². The van der Waals surface area contributed by atoms with Gasteiger partial charge in [-0.05, 0) is 6.42 Å². The number of aliphatic carboxylic acids is 1. The zero-order valence-corrected chi connectivity index (χ0v) is 8.33. The van der Waals surface area contributed by atoms with E-state index in [1.807, 2.05) is 13.8 Å². The molecule has 0 aliphatic heterocycles. The van der Waals surface area contributed by atoms with E-state index in [0.29, 0.717) is 6.42 Å². The Bertz CT molecular complexity index is 159. The lowest BCUT2D eigenvalue weighted by Gasteiger charge is -2.10. The molecule has 0 aliphatic carbocycles. The summed E-state index contributed by atoms with van der Waals surface area (Å²) in [5, 5.41) is 10.7. The molecular weight excluding hydrogens is 172 g/mol. The predicted octanol–water partition coefficient (Wildman–Crippen LogP) is -0.0493. The molecule has 0 radical (unpaired) electrons. The third kappa shape index (κ3) is 7.27. The molecule has 1 amide bonds. The van der Waals surface area contributed by atoms with Crippen LogP contribution in [0.15, 0.2) is 0 Å². The van der Waals surface area contributed by atoms with Gasteiger partial charge in [-0.3, -0.25) is 4.79 Å². The summed E-state index contributed by atoms with van der Waals surface area (Å²) in [6.45, 7) is 5.50. The second-order valence-electron chi connectivity index (χ2n) is 2.07. The SMILES string of the molecule is CC.CCC(NC(=O)CN)C(=O)O. The molecule has 5 nitrogen and oxygen atoms in total. The summed E-state index contributed by atoms with van der Waals surface area (Å²) < 4.78 is 0. The van der Waals surface area contributed by atoms with Gasteiger partial charge in [0.25, 0.3) is 0 Å². The Kier molecular flexibility index (Phi) is 9.98. The molecule has 0 aromatic heterocycles. The van der Waals surface area contributed by atoms with Gasteiger partial charge in [-0.2, -0.15) is 0 Å². The van der Waals surface area contributed by atoms with Gasteiger partial charge in [-0.1, -0.05) is 20.8 Å². The Labute approximate surface area is 78.3 Å². The largest absolute Gasteiger partial charge is 0.480 e. The molecule has 0 fully saturated rings. The molecular formula is C8H18N2O3. The van der Waals surface area contributed by atoms with Gasteiger partial charge >= 0.3 is 5.97 Å². The van der Waals surface area contributed by atoms with E-state index in [1.54, 1.807) is 6.92 Å². The number of carboxylic acid groups (broad SMARTS) is 1. The van der Waals surface area contributed by atoms with E-state index in [-0.39, 0.29) is 6.54 Å². The van der Waals surface area contributed by atoms with Crippen LogP contribution in [-0.2, 0) is 9.59 Å². The van der Waals surface area contributed by atoms with Gasteiger partial charge in [-0.15, -0.1) is 0 Å². The van der Waals surface area contributed by atoms with Crippen molar-refractivity contribution in [3.63, 3.8) is 0 Å². The zero-order valence-electron chi connectivity index (χ0n) is 8.33. The monoisotopic (exact) mass is 190 g/mol. The van der Waals surface area contributed by atoms with Gasteiger partial charge < -0.3 is 16.2 Å². The summed E-state index contributed by atoms with van der Waals surface area (Å²) in [6.07, 6.45) is 0.362. The molecule has 4 N–H and O–H groups in total. The first-order valence-electron chi connectivity index (χ1n) is 4.34. The van der Waals surface area contributed by atoms with Crippen molar-refractivity contribution in [1.82, 2.24) is 5.32 Å². The van der Waals surface area contributed by atoms with Gasteiger partial charge in [-0.25, -0.2) is 4.79 Å². The summed E-state index contributed by atoms with van der Waals surface area (Å²) in [5.74, 6) is -1.48. The summed E-state index contributed by atoms with van der Waals surface area (Å²) in [5.41, 5.74) is 4.97. The molecule has 1 unspecified atom stereocenters. The highest BCUT2D eigenvalue weighted by molar-refractivity contribution is 5.84. The minimum absolute atomic E-state index is 0.177. The Morgan fingerprint density at radius 1 is 1.46 bits per heavy atom. The van der Waals surface area contributed by atoms with Crippen molar-refractivity contribution < 1.29 is 14.7 Å². The fraction of sp³-hybridized carbons (Fsp3) is 0.750. The summed E-state index contributed by atoms with van der Waals surface area (Å²) in [7, 11) is 0. The number of carbonyl (C=O) groups excluding carboxylic acids is 1. The first kappa shape index (κ1) is 14.4. The van der Waals surface area contributed by atoms with Gasteiger partial charge in [0.15, 0.2) is 0 Å². The van der Waals surface area contributed by atoms with Crippen LogP contribution >= 0.6 is 0 Å². The maximum atomic E-state index is 10.6. The molecule has 78 valence electrons. The van der Waals surface area contributed by atoms with Crippen LogP contribution in [0.5, 0.6) is 0 Å². The highest BCUT2D eigenvalue weighted by atomic mass is 16.4. The molecule has 0 bridgehead atoms. The fourth-order valence-corrected chi connectivity index (χ4v) is 0.592. The van der Waals surface area contributed by atoms with E-state index < -0.39 is 17.9 Å². The van der Waals surface area contributed by atoms with Crippen molar-refractivity contribution >= 4 is 11.9 Å². The highest BCUT2D eigenvalue weighted by Gasteiger charge is 2.15. The van der Waals surface area contributed by atoms with Gasteiger partial charge in [0.1, 0.15) is 6.04 Å². The third-order valence-electron chi connectivity index (χ3n) is 1.23. The normalized spacial score (nSPS) is 10.8. The molecule has 1 atom stereocenters. The van der Waals surface area contributed by atoms with E-state index in [9.17, 15) is 9.59 Å². The fourth-order valence-electron chi connectivity index (χ4n) is 0.592. The maximum absolute atomic E-state index is 10.6. The van der Waals surface area contributed by atoms with Crippen molar-refractivity contribution in [3.05, 3.63) is 0 Å². The molecule has 0 aromatic carbocycles. The second-order valence-corrected chi connectivity index (χ2v) is 2.07. The second kappa shape index (κ2) is 8.99. The number of rotatable bonds is 4. The van der Waals surface area contributed by atoms with Crippen molar-refractivity contribution in [3.8, 4) is 0 Å². The Hall–Kier alpha value is -1.10. The van der Waals surface area contributed by atoms with Crippen molar-refractivity contribution in [2.75, 3.05) is 6.54 Å². The number of carbonyl (C=O) groups is 2. The molecule has 0 aromatic rings. The van der Waals surface area contributed by atoms with Crippen molar-refractivity contribution in [2.24, 2.45) is 5.73 Å². The minimum Gasteiger partial charge on any atom is -0.480 e. The summed E-state index contributed by atoms with van der Waals surface area (Å²) in [4.78, 5) is 20.9. The molecule has 0 aliphatic rings. The zero-order chi connectivity index (χ0) is 10.9. The molecule has 0 spiro atoms. The van der Waals surface area contributed by atoms with Crippen LogP contribution in [0.25, 0.3) is 0 Å². The number of nitrogens with two attached hydrogens (primary N) is 1. The van der Waals surface area contributed by atoms with Crippen LogP contribution in [0.1, 0.15) is 27.2 Å². The lowest BCUT2D eigenvalue weighted by Crippen LogP contribution is -2.43. The average molecular weight is 190 g/mol. The molecule has 0 rings (SSSR count). The Morgan fingerprint density at radius 3 is 2.15 bits per heavy atom. The standard InChI is InChI=1S/C6H12N2O3.C2H6/c1-2-4(6(10)11)8-5(9)3-7;1-2/h4H,2-3,7H2,1H3,(H,8,9)(H,10,11);1-2H3. The summed E-state index contributed by atoms with van der Waals surface area (Å²) >= 11 is 0. The smallest absolute Gasteiger partial charge is 0.326 e. The maximum Gasteiger partial charge on any atom is 0.326 e. The number of hydrogen-bond donors (Lipinski definition) is 3. The average Bonchev–Trinajstić information content (AvgIpc) is 2.16. The van der Waals surface area contributed by atoms with E-state index >= 15 is 0 Å². The molecule has 0 heterocycles. The highest BCUT2D eigenvalue weighted by Crippen LogP contribution is 1.89. The number of amides is 1. The van der Waals surface area contributed by atoms with Crippen LogP contribution in [-0.4, -0.2) is 29.6 Å². The first-order valence-corrected chi connectivity index (χ1v) is 4.34. The van der Waals surface area contributed by atoms with Crippen LogP contribution in [0.3, 0.4) is 0 Å². The lowest BCUT2D eigenvalue weighted by molar-refractivity contribution is -0.141. The third-order valence-corrected chi connectivity index (χ3v) is 1.23. The van der Waals surface area contributed by atoms with Crippen molar-refractivity contribution in [2.45, 2.75) is 33.2 Å². The van der Waals surface area contributed by atoms with Crippen LogP contribution in [0.2, 0.25) is 0 Å². The molecule has 13 heavy (non-hydrogen) atoms. The van der Waals surface area contributed by atoms with Crippen molar-refractivity contribution in [1.29, 1.82) is 0 Å². The van der Waals surface area contributed by atoms with Crippen LogP contribution in [0, 0.1) is 0 Å². The van der Waals surface area contributed by atoms with Gasteiger partial charge in [0, 0.05) is 0 Å². The predicted molar refractivity (Wildman–Crippen MR) is 50.3 cm³/mol. The Morgan fingerprint density at radius 2 is 1.92 bits per heavy atom. The Balaban J connectivity index is 0. The lowest BCUT2D eigenvalue weighted by atomic mass is 10.2. The number of carboxylic acids is 1. The first-order chi connectivity index (χ1) is 6.11. The molecule has 0 saturated carbocycles. The van der Waals surface area contributed by atoms with Gasteiger partial charge in [0.05, 0.1) is 6.54 Å². The minimum atomic E-state index is -1.03. The number of hydrogen-bond acceptors (Lipinski definition) is 3. The van der Waals surface area contributed by atoms with Gasteiger partial charge in [0.2, 0.25) is 5.91 Å². The molecule has 0 saturated heterocycles. The quantitative estimate of drug-likeness (QED) is 0.579. The number of nitrogens with one attached hydrogen (secondary N) is 1. The topological polar surface area (TPSA) is 92.4 Å². The van der Waals surface area contributed by atoms with Crippen LogP contribution in [0.4, 0.5) is 0 Å². The van der Waals surface area contributed by atoms with E-state index in [0.717, 1.165) is 0 Å². The summed E-state index contributed by atoms with van der Waals surface area (Å²) in [6, 6.07) is -0.814. The van der Waals surface area contributed by atoms with E-state index in [2.05, 4.69) is 5.32 Å². The molecule has 5 heteroatoms. The van der Waals surface area contributed by atoms with E-state index in [4.69, 9.17) is 10.8 Å².